The molecule has 0 aliphatic carbocycles. The van der Waals surface area contributed by atoms with Crippen LogP contribution in [0.25, 0.3) is 0 Å². The molecule has 1 unspecified atom stereocenters. The van der Waals surface area contributed by atoms with Crippen molar-refractivity contribution >= 4 is 40.1 Å². The summed E-state index contributed by atoms with van der Waals surface area (Å²) in [5.41, 5.74) is 2.10. The molecular formula is C21H26N4O3S2. The fourth-order valence-electron chi connectivity index (χ4n) is 3.88. The Morgan fingerprint density at radius 1 is 1.27 bits per heavy atom. The van der Waals surface area contributed by atoms with Crippen LogP contribution in [0.5, 0.6) is 0 Å². The van der Waals surface area contributed by atoms with Gasteiger partial charge in [-0.1, -0.05) is 17.8 Å². The predicted molar refractivity (Wildman–Crippen MR) is 120 cm³/mol. The summed E-state index contributed by atoms with van der Waals surface area (Å²) in [4.78, 5) is 37.7. The molecular weight excluding hydrogens is 420 g/mol. The maximum Gasteiger partial charge on any atom is 0.338 e. The highest BCUT2D eigenvalue weighted by Crippen LogP contribution is 2.46. The smallest absolute Gasteiger partial charge is 0.338 e. The largest absolute Gasteiger partial charge is 0.463 e. The summed E-state index contributed by atoms with van der Waals surface area (Å²) < 4.78 is 5.36. The summed E-state index contributed by atoms with van der Waals surface area (Å²) in [6.45, 7) is 7.24. The van der Waals surface area contributed by atoms with Crippen molar-refractivity contribution in [2.45, 2.75) is 26.3 Å². The number of piperazine rings is 1. The minimum Gasteiger partial charge on any atom is -0.463 e. The zero-order chi connectivity index (χ0) is 21.3. The molecule has 9 heteroatoms. The minimum atomic E-state index is -0.349. The van der Waals surface area contributed by atoms with Crippen LogP contribution >= 0.6 is 23.1 Å². The third kappa shape index (κ3) is 4.06. The van der Waals surface area contributed by atoms with Gasteiger partial charge in [-0.25, -0.2) is 9.79 Å². The summed E-state index contributed by atoms with van der Waals surface area (Å²) in [7, 11) is 2.08. The van der Waals surface area contributed by atoms with Gasteiger partial charge in [0.25, 0.3) is 0 Å². The molecule has 0 saturated carbocycles. The zero-order valence-electron chi connectivity index (χ0n) is 17.5. The number of ether oxygens (including phenoxy) is 1. The van der Waals surface area contributed by atoms with E-state index in [0.717, 1.165) is 41.9 Å². The maximum atomic E-state index is 13.0. The molecule has 1 atom stereocenters. The van der Waals surface area contributed by atoms with Gasteiger partial charge in [0.2, 0.25) is 5.91 Å². The second kappa shape index (κ2) is 8.95. The van der Waals surface area contributed by atoms with Crippen molar-refractivity contribution in [2.75, 3.05) is 39.8 Å². The number of carbonyl (C=O) groups is 2. The van der Waals surface area contributed by atoms with E-state index in [2.05, 4.69) is 16.9 Å². The Labute approximate surface area is 185 Å². The quantitative estimate of drug-likeness (QED) is 0.648. The van der Waals surface area contributed by atoms with Crippen molar-refractivity contribution in [3.05, 3.63) is 44.8 Å². The number of aliphatic imine (C=N–C) groups is 1. The molecule has 160 valence electrons. The van der Waals surface area contributed by atoms with Gasteiger partial charge in [-0.05, 0) is 37.7 Å². The Morgan fingerprint density at radius 2 is 2.03 bits per heavy atom. The zero-order valence-corrected chi connectivity index (χ0v) is 19.1. The molecule has 0 radical (unpaired) electrons. The highest BCUT2D eigenvalue weighted by atomic mass is 32.2. The second-order valence-electron chi connectivity index (χ2n) is 7.49. The van der Waals surface area contributed by atoms with Crippen molar-refractivity contribution in [1.82, 2.24) is 14.7 Å². The van der Waals surface area contributed by atoms with Crippen molar-refractivity contribution in [2.24, 2.45) is 4.99 Å². The summed E-state index contributed by atoms with van der Waals surface area (Å²) in [5.74, 6) is -0.233. The van der Waals surface area contributed by atoms with E-state index in [4.69, 9.17) is 4.74 Å². The number of esters is 1. The highest BCUT2D eigenvalue weighted by molar-refractivity contribution is 8.16. The molecule has 1 fully saturated rings. The lowest BCUT2D eigenvalue weighted by Crippen LogP contribution is -2.47. The lowest BCUT2D eigenvalue weighted by Gasteiger charge is -2.36. The number of amidine groups is 1. The fraction of sp³-hybridized carbons (Fsp3) is 0.476. The lowest BCUT2D eigenvalue weighted by molar-refractivity contribution is -0.139. The van der Waals surface area contributed by atoms with Crippen LogP contribution in [-0.4, -0.2) is 71.6 Å². The van der Waals surface area contributed by atoms with Gasteiger partial charge in [0.15, 0.2) is 5.17 Å². The van der Waals surface area contributed by atoms with Crippen LogP contribution < -0.4 is 0 Å². The van der Waals surface area contributed by atoms with Crippen molar-refractivity contribution in [3.63, 3.8) is 0 Å². The number of fused-ring (bicyclic) bond motifs is 1. The Kier molecular flexibility index (Phi) is 6.31. The van der Waals surface area contributed by atoms with E-state index >= 15 is 0 Å². The fourth-order valence-corrected chi connectivity index (χ4v) is 5.67. The van der Waals surface area contributed by atoms with E-state index in [9.17, 15) is 9.59 Å². The number of thiophene rings is 1. The first-order valence-corrected chi connectivity index (χ1v) is 11.9. The van der Waals surface area contributed by atoms with Crippen LogP contribution in [0.3, 0.4) is 0 Å². The van der Waals surface area contributed by atoms with E-state index in [-0.39, 0.29) is 17.9 Å². The van der Waals surface area contributed by atoms with Crippen LogP contribution in [0.15, 0.2) is 44.9 Å². The monoisotopic (exact) mass is 446 g/mol. The molecule has 3 aliphatic heterocycles. The number of hydrogen-bond acceptors (Lipinski definition) is 8. The molecule has 1 saturated heterocycles. The van der Waals surface area contributed by atoms with E-state index in [1.165, 1.54) is 11.8 Å². The third-order valence-corrected chi connectivity index (χ3v) is 7.31. The van der Waals surface area contributed by atoms with E-state index in [0.29, 0.717) is 24.3 Å². The highest BCUT2D eigenvalue weighted by Gasteiger charge is 2.41. The second-order valence-corrected chi connectivity index (χ2v) is 9.31. The van der Waals surface area contributed by atoms with Crippen LogP contribution in [0.2, 0.25) is 0 Å². The number of likely N-dealkylation sites (N-methyl/N-ethyl adjacent to an activating group) is 1. The number of allylic oxidation sites excluding steroid dienone is 1. The lowest BCUT2D eigenvalue weighted by atomic mass is 9.99. The maximum absolute atomic E-state index is 13.0. The number of amides is 1. The van der Waals surface area contributed by atoms with Gasteiger partial charge >= 0.3 is 5.97 Å². The van der Waals surface area contributed by atoms with E-state index in [1.807, 2.05) is 39.6 Å². The van der Waals surface area contributed by atoms with Gasteiger partial charge in [0.1, 0.15) is 6.04 Å². The average molecular weight is 447 g/mol. The summed E-state index contributed by atoms with van der Waals surface area (Å²) in [6.07, 6.45) is 0.298. The predicted octanol–water partition coefficient (Wildman–Crippen LogP) is 3.05. The third-order valence-electron chi connectivity index (χ3n) is 5.50. The topological polar surface area (TPSA) is 65.5 Å². The first-order chi connectivity index (χ1) is 14.5. The molecule has 1 aromatic heterocycles. The Hall–Kier alpha value is -2.10. The molecule has 3 aliphatic rings. The van der Waals surface area contributed by atoms with Crippen LogP contribution in [0.4, 0.5) is 0 Å². The van der Waals surface area contributed by atoms with E-state index in [1.54, 1.807) is 18.3 Å². The van der Waals surface area contributed by atoms with Crippen LogP contribution in [0, 0.1) is 0 Å². The molecule has 4 rings (SSSR count). The molecule has 0 spiro atoms. The normalized spacial score (nSPS) is 22.0. The van der Waals surface area contributed by atoms with Crippen molar-refractivity contribution in [3.8, 4) is 0 Å². The Balaban J connectivity index is 1.62. The molecule has 1 amide bonds. The number of thioether (sulfide) groups is 1. The first kappa shape index (κ1) is 21.1. The van der Waals surface area contributed by atoms with Crippen LogP contribution in [0.1, 0.15) is 31.2 Å². The van der Waals surface area contributed by atoms with Gasteiger partial charge in [-0.2, -0.15) is 0 Å². The van der Waals surface area contributed by atoms with Crippen molar-refractivity contribution < 1.29 is 14.3 Å². The molecule has 7 nitrogen and oxygen atoms in total. The summed E-state index contributed by atoms with van der Waals surface area (Å²) in [5, 5.41) is 4.80. The van der Waals surface area contributed by atoms with Gasteiger partial charge in [0.05, 0.1) is 24.3 Å². The van der Waals surface area contributed by atoms with Crippen LogP contribution in [-0.2, 0) is 14.3 Å². The van der Waals surface area contributed by atoms with Crippen molar-refractivity contribution in [1.29, 1.82) is 0 Å². The van der Waals surface area contributed by atoms with Gasteiger partial charge < -0.3 is 19.4 Å². The summed E-state index contributed by atoms with van der Waals surface area (Å²) >= 11 is 3.10. The molecule has 30 heavy (non-hydrogen) atoms. The molecule has 0 N–H and O–H groups in total. The first-order valence-electron chi connectivity index (χ1n) is 10.1. The average Bonchev–Trinajstić information content (AvgIpc) is 3.38. The van der Waals surface area contributed by atoms with Gasteiger partial charge in [0, 0.05) is 36.8 Å². The molecule has 1 aromatic rings. The number of carbonyl (C=O) groups excluding carboxylic acids is 2. The molecule has 0 bridgehead atoms. The number of hydrogen-bond donors (Lipinski definition) is 0. The standard InChI is InChI=1S/C21H26N4O3S2/c1-4-28-20(27)18-14(2)22-21-25(19(18)16-6-5-11-29-16)15(13-30-21)12-17(26)24-9-7-23(3)8-10-24/h5-6,11,13,19H,4,7-10,12H2,1-3H3. The Bertz CT molecular complexity index is 915. The number of rotatable bonds is 5. The summed E-state index contributed by atoms with van der Waals surface area (Å²) in [6, 6.07) is 3.68. The van der Waals surface area contributed by atoms with E-state index < -0.39 is 0 Å². The SMILES string of the molecule is CCOC(=O)C1=C(C)N=C2SC=C(CC(=O)N3CCN(C)CC3)N2C1c1cccs1. The van der Waals surface area contributed by atoms with Gasteiger partial charge in [-0.15, -0.1) is 11.3 Å². The molecule has 0 aromatic carbocycles. The molecule has 4 heterocycles. The van der Waals surface area contributed by atoms with Gasteiger partial charge in [-0.3, -0.25) is 4.79 Å². The number of nitrogens with zero attached hydrogens (tertiary/aromatic N) is 4. The Morgan fingerprint density at radius 3 is 2.70 bits per heavy atom. The minimum absolute atomic E-state index is 0.116.